The maximum Gasteiger partial charge on any atom is 0.433 e. The second-order valence-corrected chi connectivity index (χ2v) is 10.7. The fraction of sp³-hybridized carbons (Fsp3) is 0.321. The molecule has 0 spiro atoms. The molecule has 2 aromatic heterocycles. The van der Waals surface area contributed by atoms with E-state index in [0.717, 1.165) is 17.2 Å². The maximum atomic E-state index is 14.0. The second kappa shape index (κ2) is 10.8. The van der Waals surface area contributed by atoms with Crippen LogP contribution in [0.2, 0.25) is 10.0 Å². The van der Waals surface area contributed by atoms with E-state index in [9.17, 15) is 18.0 Å². The lowest BCUT2D eigenvalue weighted by Crippen LogP contribution is -2.48. The zero-order chi connectivity index (χ0) is 27.9. The van der Waals surface area contributed by atoms with Crippen molar-refractivity contribution >= 4 is 34.8 Å². The molecule has 6 nitrogen and oxygen atoms in total. The van der Waals surface area contributed by atoms with E-state index in [1.807, 2.05) is 32.0 Å². The van der Waals surface area contributed by atoms with E-state index < -0.39 is 17.8 Å². The largest absolute Gasteiger partial charge is 0.433 e. The van der Waals surface area contributed by atoms with Gasteiger partial charge in [-0.2, -0.15) is 18.3 Å². The Morgan fingerprint density at radius 1 is 0.974 bits per heavy atom. The first kappa shape index (κ1) is 27.4. The Hall–Kier alpha value is -3.14. The molecule has 0 saturated carbocycles. The van der Waals surface area contributed by atoms with Crippen LogP contribution in [0.4, 0.5) is 13.2 Å². The molecule has 0 radical (unpaired) electrons. The first-order valence-electron chi connectivity index (χ1n) is 12.5. The van der Waals surface area contributed by atoms with Crippen LogP contribution in [-0.2, 0) is 12.7 Å². The monoisotopic (exact) mass is 575 g/mol. The number of piperazine rings is 1. The highest BCUT2D eigenvalue weighted by Gasteiger charge is 2.36. The number of benzene rings is 2. The first-order valence-corrected chi connectivity index (χ1v) is 13.3. The molecule has 11 heteroatoms. The van der Waals surface area contributed by atoms with Gasteiger partial charge >= 0.3 is 6.18 Å². The van der Waals surface area contributed by atoms with Gasteiger partial charge in [-0.1, -0.05) is 67.4 Å². The fourth-order valence-corrected chi connectivity index (χ4v) is 5.10. The van der Waals surface area contributed by atoms with E-state index in [1.165, 1.54) is 6.07 Å². The van der Waals surface area contributed by atoms with Crippen molar-refractivity contribution < 1.29 is 18.0 Å². The van der Waals surface area contributed by atoms with Crippen molar-refractivity contribution in [3.8, 4) is 11.3 Å². The van der Waals surface area contributed by atoms with Crippen LogP contribution in [0.15, 0.2) is 54.6 Å². The van der Waals surface area contributed by atoms with Gasteiger partial charge in [0.2, 0.25) is 0 Å². The highest BCUT2D eigenvalue weighted by Crippen LogP contribution is 2.33. The van der Waals surface area contributed by atoms with Gasteiger partial charge in [-0.3, -0.25) is 9.69 Å². The molecule has 1 aliphatic heterocycles. The summed E-state index contributed by atoms with van der Waals surface area (Å²) in [6, 6.07) is 14.9. The molecular formula is C28H26Cl2F3N5O. The topological polar surface area (TPSA) is 53.7 Å². The summed E-state index contributed by atoms with van der Waals surface area (Å²) < 4.78 is 42.8. The van der Waals surface area contributed by atoms with E-state index in [-0.39, 0.29) is 17.0 Å². The number of halogens is 5. The molecule has 5 rings (SSSR count). The average Bonchev–Trinajstić information content (AvgIpc) is 3.33. The van der Waals surface area contributed by atoms with Gasteiger partial charge in [-0.25, -0.2) is 9.50 Å². The van der Waals surface area contributed by atoms with E-state index in [2.05, 4.69) is 15.0 Å². The fourth-order valence-electron chi connectivity index (χ4n) is 4.63. The SMILES string of the molecule is CC(C)c1ccc(-c2cc(C(F)(F)F)n3nc(C(=O)N4CCN(Cc5ccc(Cl)cc5Cl)CC4)cc3n2)cc1. The third kappa shape index (κ3) is 5.90. The van der Waals surface area contributed by atoms with Gasteiger partial charge in [0.25, 0.3) is 5.91 Å². The Bertz CT molecular complexity index is 1510. The lowest BCUT2D eigenvalue weighted by Gasteiger charge is -2.34. The minimum atomic E-state index is -4.69. The molecular weight excluding hydrogens is 550 g/mol. The number of aromatic nitrogens is 3. The van der Waals surface area contributed by atoms with Gasteiger partial charge in [0.05, 0.1) is 5.69 Å². The molecule has 1 aliphatic rings. The summed E-state index contributed by atoms with van der Waals surface area (Å²) in [5, 5.41) is 5.17. The number of carbonyl (C=O) groups excluding carboxylic acids is 1. The first-order chi connectivity index (χ1) is 18.5. The molecule has 39 heavy (non-hydrogen) atoms. The number of carbonyl (C=O) groups is 1. The minimum Gasteiger partial charge on any atom is -0.335 e. The van der Waals surface area contributed by atoms with Gasteiger partial charge < -0.3 is 4.90 Å². The Morgan fingerprint density at radius 2 is 1.67 bits per heavy atom. The number of nitrogens with zero attached hydrogens (tertiary/aromatic N) is 5. The van der Waals surface area contributed by atoms with Crippen molar-refractivity contribution in [1.29, 1.82) is 0 Å². The van der Waals surface area contributed by atoms with Crippen LogP contribution in [0.1, 0.15) is 47.1 Å². The molecule has 4 aromatic rings. The summed E-state index contributed by atoms with van der Waals surface area (Å²) in [5.74, 6) is -0.138. The number of rotatable bonds is 5. The average molecular weight is 576 g/mol. The number of fused-ring (bicyclic) bond motifs is 1. The van der Waals surface area contributed by atoms with Crippen molar-refractivity contribution in [2.45, 2.75) is 32.5 Å². The standard InChI is InChI=1S/C28H26Cl2F3N5O/c1-17(2)18-3-5-19(6-4-18)23-14-25(28(31,32)33)38-26(34-23)15-24(35-38)27(39)37-11-9-36(10-12-37)16-20-7-8-21(29)13-22(20)30/h3-8,13-15,17H,9-12,16H2,1-2H3. The molecule has 0 aliphatic carbocycles. The van der Waals surface area contributed by atoms with Crippen LogP contribution < -0.4 is 0 Å². The van der Waals surface area contributed by atoms with Gasteiger partial charge in [0.1, 0.15) is 0 Å². The Kier molecular flexibility index (Phi) is 7.59. The Morgan fingerprint density at radius 3 is 2.28 bits per heavy atom. The van der Waals surface area contributed by atoms with Gasteiger partial charge in [-0.05, 0) is 35.2 Å². The van der Waals surface area contributed by atoms with Crippen molar-refractivity contribution in [1.82, 2.24) is 24.4 Å². The summed E-state index contributed by atoms with van der Waals surface area (Å²) in [5.41, 5.74) is 1.63. The predicted molar refractivity (Wildman–Crippen MR) is 145 cm³/mol. The zero-order valence-electron chi connectivity index (χ0n) is 21.3. The summed E-state index contributed by atoms with van der Waals surface area (Å²) in [6.45, 7) is 6.67. The van der Waals surface area contributed by atoms with Crippen molar-refractivity contribution in [2.75, 3.05) is 26.2 Å². The van der Waals surface area contributed by atoms with Crippen molar-refractivity contribution in [2.24, 2.45) is 0 Å². The van der Waals surface area contributed by atoms with Gasteiger partial charge in [0.15, 0.2) is 17.0 Å². The third-order valence-electron chi connectivity index (χ3n) is 6.88. The summed E-state index contributed by atoms with van der Waals surface area (Å²) in [4.78, 5) is 21.4. The minimum absolute atomic E-state index is 0.0351. The lowest BCUT2D eigenvalue weighted by atomic mass is 10.0. The molecule has 3 heterocycles. The highest BCUT2D eigenvalue weighted by molar-refractivity contribution is 6.35. The Labute approximate surface area is 233 Å². The summed E-state index contributed by atoms with van der Waals surface area (Å²) in [6.07, 6.45) is -4.69. The quantitative estimate of drug-likeness (QED) is 0.262. The van der Waals surface area contributed by atoms with Gasteiger partial charge in [0, 0.05) is 54.4 Å². The van der Waals surface area contributed by atoms with Crippen LogP contribution in [0, 0.1) is 0 Å². The molecule has 0 unspecified atom stereocenters. The Balaban J connectivity index is 1.36. The molecule has 1 fully saturated rings. The van der Waals surface area contributed by atoms with E-state index in [4.69, 9.17) is 23.2 Å². The normalized spacial score (nSPS) is 14.9. The summed E-state index contributed by atoms with van der Waals surface area (Å²) in [7, 11) is 0. The molecule has 0 atom stereocenters. The number of hydrogen-bond donors (Lipinski definition) is 0. The van der Waals surface area contributed by atoms with Crippen LogP contribution in [0.25, 0.3) is 16.9 Å². The number of hydrogen-bond acceptors (Lipinski definition) is 4. The molecule has 1 saturated heterocycles. The number of amides is 1. The van der Waals surface area contributed by atoms with Crippen LogP contribution in [-0.4, -0.2) is 56.5 Å². The predicted octanol–water partition coefficient (Wildman–Crippen LogP) is 6.80. The van der Waals surface area contributed by atoms with E-state index >= 15 is 0 Å². The molecule has 1 amide bonds. The van der Waals surface area contributed by atoms with E-state index in [0.29, 0.717) is 58.8 Å². The maximum absolute atomic E-state index is 14.0. The molecule has 0 bridgehead atoms. The molecule has 0 N–H and O–H groups in total. The second-order valence-electron chi connectivity index (χ2n) is 9.90. The van der Waals surface area contributed by atoms with Gasteiger partial charge in [-0.15, -0.1) is 0 Å². The van der Waals surface area contributed by atoms with Crippen LogP contribution >= 0.6 is 23.2 Å². The highest BCUT2D eigenvalue weighted by atomic mass is 35.5. The van der Waals surface area contributed by atoms with Crippen LogP contribution in [0.5, 0.6) is 0 Å². The van der Waals surface area contributed by atoms with Crippen LogP contribution in [0.3, 0.4) is 0 Å². The summed E-state index contributed by atoms with van der Waals surface area (Å²) >= 11 is 12.3. The molecule has 2 aromatic carbocycles. The zero-order valence-corrected chi connectivity index (χ0v) is 22.9. The van der Waals surface area contributed by atoms with Crippen molar-refractivity contribution in [3.05, 3.63) is 87.2 Å². The molecule has 204 valence electrons. The third-order valence-corrected chi connectivity index (χ3v) is 7.47. The van der Waals surface area contributed by atoms with E-state index in [1.54, 1.807) is 29.2 Å². The smallest absolute Gasteiger partial charge is 0.335 e. The number of alkyl halides is 3. The van der Waals surface area contributed by atoms with Crippen molar-refractivity contribution in [3.63, 3.8) is 0 Å². The lowest BCUT2D eigenvalue weighted by molar-refractivity contribution is -0.142.